The minimum Gasteiger partial charge on any atom is -0.497 e. The molecule has 0 radical (unpaired) electrons. The van der Waals surface area contributed by atoms with Gasteiger partial charge in [0.05, 0.1) is 22.6 Å². The zero-order valence-electron chi connectivity index (χ0n) is 18.7. The van der Waals surface area contributed by atoms with Crippen molar-refractivity contribution in [3.63, 3.8) is 0 Å². The van der Waals surface area contributed by atoms with E-state index < -0.39 is 28.0 Å². The lowest BCUT2D eigenvalue weighted by Crippen LogP contribution is -2.43. The maximum atomic E-state index is 12.8. The SMILES string of the molecule is COc1cccc(NC(=S)NNC(=O)c2cc(S(=O)(=O)Nc3ccc(OC(F)(F)F)cc3)ccc2Cl)c1. The van der Waals surface area contributed by atoms with Crippen LogP contribution in [-0.2, 0) is 10.0 Å². The molecule has 0 aliphatic carbocycles. The maximum absolute atomic E-state index is 12.8. The zero-order valence-corrected chi connectivity index (χ0v) is 21.1. The van der Waals surface area contributed by atoms with Crippen LogP contribution in [0.1, 0.15) is 10.4 Å². The van der Waals surface area contributed by atoms with E-state index in [4.69, 9.17) is 28.6 Å². The monoisotopic (exact) mass is 574 g/mol. The number of nitrogens with one attached hydrogen (secondary N) is 4. The third kappa shape index (κ3) is 8.13. The first-order valence-corrected chi connectivity index (χ1v) is 12.3. The lowest BCUT2D eigenvalue weighted by molar-refractivity contribution is -0.274. The molecule has 3 aromatic carbocycles. The number of benzene rings is 3. The maximum Gasteiger partial charge on any atom is 0.573 e. The second-order valence-electron chi connectivity index (χ2n) is 7.08. The van der Waals surface area contributed by atoms with Crippen LogP contribution in [0.2, 0.25) is 5.02 Å². The van der Waals surface area contributed by atoms with E-state index in [9.17, 15) is 26.4 Å². The van der Waals surface area contributed by atoms with Crippen LogP contribution in [0.15, 0.2) is 71.6 Å². The summed E-state index contributed by atoms with van der Waals surface area (Å²) in [6, 6.07) is 14.3. The Hall–Kier alpha value is -3.75. The molecule has 0 saturated carbocycles. The third-order valence-corrected chi connectivity index (χ3v) is 6.36. The van der Waals surface area contributed by atoms with Crippen LogP contribution >= 0.6 is 23.8 Å². The van der Waals surface area contributed by atoms with Crippen LogP contribution in [0.4, 0.5) is 24.5 Å². The summed E-state index contributed by atoms with van der Waals surface area (Å²) in [7, 11) is -2.73. The molecule has 0 unspecified atom stereocenters. The molecule has 9 nitrogen and oxygen atoms in total. The van der Waals surface area contributed by atoms with Crippen LogP contribution in [0, 0.1) is 0 Å². The zero-order chi connectivity index (χ0) is 27.2. The predicted octanol–water partition coefficient (Wildman–Crippen LogP) is 4.68. The molecule has 0 aromatic heterocycles. The standard InChI is InChI=1S/C22H18ClF3N4O5S2/c1-34-16-4-2-3-14(11-16)27-21(36)29-28-20(31)18-12-17(9-10-19(18)23)37(32,33)30-13-5-7-15(8-6-13)35-22(24,25)26/h2-12,30H,1H3,(H,28,31)(H2,27,29,36). The number of ether oxygens (including phenoxy) is 2. The molecule has 0 atom stereocenters. The Bertz CT molecular complexity index is 1400. The number of halogens is 4. The molecule has 0 saturated heterocycles. The average molecular weight is 575 g/mol. The summed E-state index contributed by atoms with van der Waals surface area (Å²) < 4.78 is 73.5. The van der Waals surface area contributed by atoms with Crippen LogP contribution in [-0.4, -0.2) is 32.9 Å². The van der Waals surface area contributed by atoms with Gasteiger partial charge in [-0.25, -0.2) is 8.42 Å². The molecule has 196 valence electrons. The highest BCUT2D eigenvalue weighted by atomic mass is 35.5. The smallest absolute Gasteiger partial charge is 0.497 e. The molecule has 0 bridgehead atoms. The van der Waals surface area contributed by atoms with Crippen molar-refractivity contribution in [2.75, 3.05) is 17.1 Å². The number of thiocarbonyl (C=S) groups is 1. The molecule has 4 N–H and O–H groups in total. The molecule has 0 heterocycles. The molecule has 0 fully saturated rings. The molecule has 3 aromatic rings. The van der Waals surface area contributed by atoms with Crippen molar-refractivity contribution < 1.29 is 35.9 Å². The fourth-order valence-corrected chi connectivity index (χ4v) is 4.28. The highest BCUT2D eigenvalue weighted by molar-refractivity contribution is 7.92. The van der Waals surface area contributed by atoms with Gasteiger partial charge in [0.2, 0.25) is 0 Å². The largest absolute Gasteiger partial charge is 0.573 e. The van der Waals surface area contributed by atoms with E-state index in [-0.39, 0.29) is 26.3 Å². The molecular formula is C22H18ClF3N4O5S2. The Kier molecular flexibility index (Phi) is 8.68. The minimum atomic E-state index is -4.88. The first-order chi connectivity index (χ1) is 17.4. The summed E-state index contributed by atoms with van der Waals surface area (Å²) in [4.78, 5) is 12.3. The van der Waals surface area contributed by atoms with Gasteiger partial charge in [-0.15, -0.1) is 13.2 Å². The molecule has 0 aliphatic rings. The number of sulfonamides is 1. The number of alkyl halides is 3. The number of hydrogen-bond acceptors (Lipinski definition) is 6. The first kappa shape index (κ1) is 27.8. The van der Waals surface area contributed by atoms with Crippen molar-refractivity contribution >= 4 is 56.2 Å². The van der Waals surface area contributed by atoms with E-state index in [2.05, 4.69) is 25.6 Å². The Balaban J connectivity index is 1.67. The van der Waals surface area contributed by atoms with Crippen molar-refractivity contribution in [3.05, 3.63) is 77.3 Å². The van der Waals surface area contributed by atoms with Gasteiger partial charge in [0, 0.05) is 17.4 Å². The number of anilines is 2. The number of rotatable bonds is 7. The highest BCUT2D eigenvalue weighted by Crippen LogP contribution is 2.26. The van der Waals surface area contributed by atoms with Gasteiger partial charge in [-0.1, -0.05) is 17.7 Å². The van der Waals surface area contributed by atoms with Crippen LogP contribution in [0.3, 0.4) is 0 Å². The topological polar surface area (TPSA) is 118 Å². The number of amides is 1. The lowest BCUT2D eigenvalue weighted by atomic mass is 10.2. The summed E-state index contributed by atoms with van der Waals surface area (Å²) in [5.41, 5.74) is 5.15. The third-order valence-electron chi connectivity index (χ3n) is 4.45. The van der Waals surface area contributed by atoms with Gasteiger partial charge < -0.3 is 14.8 Å². The first-order valence-electron chi connectivity index (χ1n) is 10.1. The van der Waals surface area contributed by atoms with E-state index in [1.165, 1.54) is 13.2 Å². The molecular weight excluding hydrogens is 557 g/mol. The van der Waals surface area contributed by atoms with E-state index in [0.717, 1.165) is 36.4 Å². The van der Waals surface area contributed by atoms with Crippen LogP contribution in [0.5, 0.6) is 11.5 Å². The van der Waals surface area contributed by atoms with Crippen molar-refractivity contribution in [2.24, 2.45) is 0 Å². The van der Waals surface area contributed by atoms with Crippen LogP contribution < -0.4 is 30.4 Å². The highest BCUT2D eigenvalue weighted by Gasteiger charge is 2.31. The molecule has 0 aliphatic heterocycles. The molecule has 1 amide bonds. The van der Waals surface area contributed by atoms with Gasteiger partial charge in [0.15, 0.2) is 5.11 Å². The van der Waals surface area contributed by atoms with E-state index in [1.54, 1.807) is 24.3 Å². The fraction of sp³-hybridized carbons (Fsp3) is 0.0909. The van der Waals surface area contributed by atoms with Gasteiger partial charge in [-0.05, 0) is 66.8 Å². The second kappa shape index (κ2) is 11.5. The van der Waals surface area contributed by atoms with Crippen LogP contribution in [0.25, 0.3) is 0 Å². The van der Waals surface area contributed by atoms with Crippen molar-refractivity contribution in [1.29, 1.82) is 0 Å². The summed E-state index contributed by atoms with van der Waals surface area (Å²) in [6.45, 7) is 0. The summed E-state index contributed by atoms with van der Waals surface area (Å²) in [6.07, 6.45) is -4.88. The number of carbonyl (C=O) groups is 1. The van der Waals surface area contributed by atoms with Crippen molar-refractivity contribution in [2.45, 2.75) is 11.3 Å². The van der Waals surface area contributed by atoms with Crippen molar-refractivity contribution in [1.82, 2.24) is 10.9 Å². The minimum absolute atomic E-state index is 0.0288. The summed E-state index contributed by atoms with van der Waals surface area (Å²) in [5, 5.41) is 2.82. The normalized spacial score (nSPS) is 11.3. The van der Waals surface area contributed by atoms with E-state index in [0.29, 0.717) is 11.4 Å². The Labute approximate surface area is 219 Å². The Morgan fingerprint density at radius 1 is 0.946 bits per heavy atom. The Morgan fingerprint density at radius 3 is 2.30 bits per heavy atom. The number of hydrogen-bond donors (Lipinski definition) is 4. The summed E-state index contributed by atoms with van der Waals surface area (Å²) in [5.74, 6) is -0.724. The van der Waals surface area contributed by atoms with Gasteiger partial charge in [0.1, 0.15) is 11.5 Å². The predicted molar refractivity (Wildman–Crippen MR) is 135 cm³/mol. The molecule has 15 heteroatoms. The van der Waals surface area contributed by atoms with Gasteiger partial charge in [-0.2, -0.15) is 0 Å². The number of carbonyl (C=O) groups excluding carboxylic acids is 1. The number of hydrazine groups is 1. The summed E-state index contributed by atoms with van der Waals surface area (Å²) >= 11 is 11.2. The fourth-order valence-electron chi connectivity index (χ4n) is 2.83. The molecule has 37 heavy (non-hydrogen) atoms. The lowest BCUT2D eigenvalue weighted by Gasteiger charge is -2.14. The molecule has 3 rings (SSSR count). The van der Waals surface area contributed by atoms with Gasteiger partial charge in [0.25, 0.3) is 15.9 Å². The van der Waals surface area contributed by atoms with Gasteiger partial charge in [-0.3, -0.25) is 20.4 Å². The van der Waals surface area contributed by atoms with E-state index >= 15 is 0 Å². The number of methoxy groups -OCH3 is 1. The van der Waals surface area contributed by atoms with E-state index in [1.807, 2.05) is 0 Å². The molecule has 0 spiro atoms. The van der Waals surface area contributed by atoms with Crippen molar-refractivity contribution in [3.8, 4) is 11.5 Å². The second-order valence-corrected chi connectivity index (χ2v) is 9.58. The quantitative estimate of drug-likeness (QED) is 0.237. The average Bonchev–Trinajstić information content (AvgIpc) is 2.83. The Morgan fingerprint density at radius 2 is 1.65 bits per heavy atom. The van der Waals surface area contributed by atoms with Gasteiger partial charge >= 0.3 is 6.36 Å².